The Morgan fingerprint density at radius 2 is 0.650 bits per heavy atom. The van der Waals surface area contributed by atoms with E-state index in [4.69, 9.17) is 22.8 Å². The molecule has 8 aromatic rings. The van der Waals surface area contributed by atoms with E-state index in [0.717, 1.165) is 107 Å². The number of para-hydroxylation sites is 8. The first-order valence-electron chi connectivity index (χ1n) is 48.9. The smallest absolute Gasteiger partial charge is 0.209 e. The number of aliphatic hydroxyl groups excluding tert-OH is 9. The summed E-state index contributed by atoms with van der Waals surface area (Å²) in [6, 6.07) is 65.8. The maximum Gasteiger partial charge on any atom is 0.209 e. The van der Waals surface area contributed by atoms with Crippen molar-refractivity contribution in [1.29, 1.82) is 0 Å². The fourth-order valence-electron chi connectivity index (χ4n) is 21.8. The number of hydrogen-bond donors (Lipinski definition) is 10. The number of aliphatic hydroxyl groups is 9. The van der Waals surface area contributed by atoms with Crippen LogP contribution in [0.15, 0.2) is 302 Å². The van der Waals surface area contributed by atoms with Crippen molar-refractivity contribution in [3.05, 3.63) is 341 Å². The van der Waals surface area contributed by atoms with E-state index in [1.807, 2.05) is 113 Å². The number of rotatable bonds is 23. The van der Waals surface area contributed by atoms with Gasteiger partial charge in [0.1, 0.15) is 32.2 Å². The lowest BCUT2D eigenvalue weighted by atomic mass is 9.77. The monoisotopic (exact) mass is 2210 g/mol. The molecule has 0 amide bonds. The lowest BCUT2D eigenvalue weighted by molar-refractivity contribution is -0.442. The average molecular weight is 2210 g/mol. The first-order valence-corrected chi connectivity index (χ1v) is 51.5. The predicted molar refractivity (Wildman–Crippen MR) is 580 cm³/mol. The number of fused-ring (bicyclic) bond motifs is 8. The molecule has 19 rings (SSSR count). The molecule has 20 nitrogen and oxygen atoms in total. The standard InChI is InChI=1S/C32H37N2O3S.C30H32N2O4.C30H32N2O3S.C13H18NO.C11H13N.C2H5BrO.BrH.HI/c1-6-38-30-21(19-27-31(2,3)23-11-7-9-13-25(23)33(27)15-17-35)29(37)22(30)20-28-32(4,5)24-12-8-10-14-26(24)34(28)16-18-36;2*1-29(2)21-9-5-7-11-23(21)31(13-15-33)25(29)17-19-27(35)20(28(19)36)18-26-30(3,4)22-10-6-8-12-24(22)32(26)14-16-34;1-10-13(2,3)11-6-4-5-7-12(11)14(10)8-9-15;1-8-11(2,3)9-6-4-5-7-10(9)12-8;3-1-2-4;;/h7-14,19-20,35-36H,6,15-18H2,1-5H3;2*5-12,17-18,33-34H,13-16H2,1-4H3;4-7,15H,8-9H2,1-3H3;4-7H,1-3H3;4H,1-2H2;2*1H/q+1;;;+1;;;;. The lowest BCUT2D eigenvalue weighted by Crippen LogP contribution is -3.00. The van der Waals surface area contributed by atoms with Gasteiger partial charge in [-0.15, -0.1) is 24.4 Å². The van der Waals surface area contributed by atoms with E-state index < -0.39 is 0 Å². The van der Waals surface area contributed by atoms with Crippen molar-refractivity contribution in [3.8, 4) is 0 Å². The second-order valence-electron chi connectivity index (χ2n) is 41.1. The number of carbonyl (C=O) groups is 3. The van der Waals surface area contributed by atoms with Crippen molar-refractivity contribution in [2.45, 2.75) is 175 Å². The first kappa shape index (κ1) is 112. The number of allylic oxidation sites excluding steroid dienone is 15. The van der Waals surface area contributed by atoms with Crippen LogP contribution in [0, 0.1) is 0 Å². The number of ketones is 3. The van der Waals surface area contributed by atoms with E-state index in [-0.39, 0.29) is 171 Å². The number of β-amino-alcohol motifs (C(OH)–C–C–N with tert-alkyl or cyclic N) is 7. The van der Waals surface area contributed by atoms with Gasteiger partial charge in [-0.25, -0.2) is 0 Å². The molecule has 8 aliphatic heterocycles. The minimum absolute atomic E-state index is 0. The molecule has 0 atom stereocenters. The van der Waals surface area contributed by atoms with Crippen LogP contribution >= 0.6 is 40.3 Å². The highest BCUT2D eigenvalue weighted by molar-refractivity contribution is 9.09. The van der Waals surface area contributed by atoms with Crippen LogP contribution in [-0.4, -0.2) is 220 Å². The second-order valence-corrected chi connectivity index (χ2v) is 43.6. The molecule has 0 unspecified atom stereocenters. The van der Waals surface area contributed by atoms with Gasteiger partial charge in [0.05, 0.1) is 64.9 Å². The quantitative estimate of drug-likeness (QED) is 0.00938. The fourth-order valence-corrected chi connectivity index (χ4v) is 23.1. The number of Topliss-reactive ketones (excluding diaryl/α,β-unsaturated/α-hetero) is 3. The van der Waals surface area contributed by atoms with Crippen molar-refractivity contribution in [1.82, 2.24) is 0 Å². The molecule has 0 radical (unpaired) electrons. The zero-order valence-corrected chi connectivity index (χ0v) is 92.8. The van der Waals surface area contributed by atoms with Gasteiger partial charge in [-0.05, 0) is 133 Å². The van der Waals surface area contributed by atoms with Gasteiger partial charge < -0.3 is 102 Å². The van der Waals surface area contributed by atoms with Gasteiger partial charge in [0.15, 0.2) is 60.6 Å². The van der Waals surface area contributed by atoms with Gasteiger partial charge in [-0.1, -0.05) is 224 Å². The summed E-state index contributed by atoms with van der Waals surface area (Å²) < 4.78 is 8.50. The zero-order valence-electron chi connectivity index (χ0n) is 85.8. The van der Waals surface area contributed by atoms with Gasteiger partial charge in [-0.3, -0.25) is 19.4 Å². The minimum atomic E-state index is -0.388. The summed E-state index contributed by atoms with van der Waals surface area (Å²) in [4.78, 5) is 53.1. The van der Waals surface area contributed by atoms with Crippen LogP contribution in [0.2, 0.25) is 0 Å². The maximum atomic E-state index is 13.8. The molecule has 11 aliphatic rings. The molecular weight excluding hydrogens is 2070 g/mol. The van der Waals surface area contributed by atoms with E-state index in [0.29, 0.717) is 67.2 Å². The number of anilines is 3. The third kappa shape index (κ3) is 20.4. The predicted octanol–water partition coefficient (Wildman–Crippen LogP) is 13.2. The molecule has 754 valence electrons. The molecule has 0 aromatic heterocycles. The number of benzene rings is 8. The van der Waals surface area contributed by atoms with Crippen LogP contribution in [0.4, 0.5) is 45.5 Å². The summed E-state index contributed by atoms with van der Waals surface area (Å²) in [5, 5.41) is 87.3. The molecule has 8 aromatic carbocycles. The Hall–Kier alpha value is -9.95. The fraction of sp³-hybridized carbons (Fsp3) is 0.373. The third-order valence-corrected chi connectivity index (χ3v) is 31.9. The molecular formula is C118H139Br2IN8O12S2+2. The minimum Gasteiger partial charge on any atom is -1.00 e. The molecule has 8 heterocycles. The normalized spacial score (nSPS) is 20.4. The van der Waals surface area contributed by atoms with Gasteiger partial charge in [-0.2, -0.15) is 18.3 Å². The molecule has 0 saturated carbocycles. The highest BCUT2D eigenvalue weighted by Gasteiger charge is 2.53. The summed E-state index contributed by atoms with van der Waals surface area (Å²) in [7, 11) is 0. The van der Waals surface area contributed by atoms with Crippen LogP contribution in [0.25, 0.3) is 0 Å². The molecule has 0 fully saturated rings. The zero-order chi connectivity index (χ0) is 102. The highest BCUT2D eigenvalue weighted by Crippen LogP contribution is 2.55. The number of hydrogen-bond acceptors (Lipinski definition) is 18. The first-order chi connectivity index (χ1) is 67.1. The topological polar surface area (TPSA) is 267 Å². The van der Waals surface area contributed by atoms with Gasteiger partial charge in [0, 0.05) is 190 Å². The number of thioether (sulfide) groups is 1. The summed E-state index contributed by atoms with van der Waals surface area (Å²) in [6.07, 6.45) is 11.5. The SMILES string of the molecule is CC1(C)C(/C=C2/C(=O)C(/C=C3\N(CCO)c4ccccc4C3(C)C)=C2O)=[N+](CCO)c2ccccc21.CC1(C)C(/C=C2/C(=O)C(/C=C3\N(CCO)c4ccccc4C3(C)C)=C2S)=[N+](CCO)c2ccccc21.CC1=Nc2ccccc2C1(C)C.CC1=[N+](CCO)c2ccccc2C1(C)C.CCSC1=C(C=C2N(CCO)c3ccccc3C2(C)C)C(=O)C1=CC1=[N+](CCO)c2ccccc2C1(C)C.OCCBr.[Br-].[I-]. The maximum absolute atomic E-state index is 13.8. The molecule has 0 bridgehead atoms. The Balaban J connectivity index is 0.000000165. The van der Waals surface area contributed by atoms with E-state index in [1.165, 1.54) is 50.5 Å². The van der Waals surface area contributed by atoms with Crippen molar-refractivity contribution in [2.75, 3.05) is 124 Å². The Bertz CT molecular complexity index is 6570. The largest absolute Gasteiger partial charge is 1.00 e. The van der Waals surface area contributed by atoms with Crippen LogP contribution in [0.1, 0.15) is 176 Å². The van der Waals surface area contributed by atoms with E-state index in [9.17, 15) is 50.1 Å². The molecule has 25 heteroatoms. The third-order valence-electron chi connectivity index (χ3n) is 30.0. The Kier molecular flexibility index (Phi) is 35.3. The van der Waals surface area contributed by atoms with Crippen molar-refractivity contribution < 1.29 is 120 Å². The van der Waals surface area contributed by atoms with Gasteiger partial charge in [0.2, 0.25) is 28.5 Å². The summed E-state index contributed by atoms with van der Waals surface area (Å²) in [5.41, 5.74) is 28.2. The molecule has 9 N–H and O–H groups in total. The molecule has 0 spiro atoms. The van der Waals surface area contributed by atoms with Crippen LogP contribution in [0.5, 0.6) is 0 Å². The summed E-state index contributed by atoms with van der Waals surface area (Å²) >= 11 is 9.47. The van der Waals surface area contributed by atoms with E-state index in [1.54, 1.807) is 23.9 Å². The lowest BCUT2D eigenvalue weighted by Gasteiger charge is -2.30. The highest BCUT2D eigenvalue weighted by atomic mass is 127. The van der Waals surface area contributed by atoms with Crippen molar-refractivity contribution in [3.63, 3.8) is 0 Å². The Morgan fingerprint density at radius 1 is 0.357 bits per heavy atom. The van der Waals surface area contributed by atoms with Crippen molar-refractivity contribution in [2.24, 2.45) is 4.99 Å². The number of alkyl halides is 1. The van der Waals surface area contributed by atoms with E-state index >= 15 is 0 Å². The van der Waals surface area contributed by atoms with Crippen LogP contribution in [-0.2, 0) is 57.7 Å². The molecule has 0 saturated heterocycles. The number of aliphatic imine (C=N–C) groups is 1. The van der Waals surface area contributed by atoms with Gasteiger partial charge >= 0.3 is 0 Å². The molecule has 143 heavy (non-hydrogen) atoms. The number of nitrogens with zero attached hydrogens (tertiary/aromatic N) is 8. The van der Waals surface area contributed by atoms with Crippen LogP contribution in [0.3, 0.4) is 0 Å². The van der Waals surface area contributed by atoms with E-state index in [2.05, 4.69) is 291 Å². The number of thiol groups is 1. The number of carbonyl (C=O) groups excluding carboxylic acids is 3. The Morgan fingerprint density at radius 3 is 0.993 bits per heavy atom. The Labute approximate surface area is 889 Å². The number of halogens is 3. The average Bonchev–Trinajstić information content (AvgIpc) is 1.59. The molecule has 3 aliphatic carbocycles. The van der Waals surface area contributed by atoms with Crippen molar-refractivity contribution >= 4 is 132 Å². The van der Waals surface area contributed by atoms with Gasteiger partial charge in [0.25, 0.3) is 0 Å². The summed E-state index contributed by atoms with van der Waals surface area (Å²) in [5.74, 6) is 0.639. The second kappa shape index (κ2) is 45.2. The summed E-state index contributed by atoms with van der Waals surface area (Å²) in [6.45, 7) is 44.8. The van der Waals surface area contributed by atoms with Crippen LogP contribution < -0.4 is 55.7 Å².